The van der Waals surface area contributed by atoms with Gasteiger partial charge in [0.2, 0.25) is 5.91 Å². The molecule has 0 heterocycles. The van der Waals surface area contributed by atoms with Gasteiger partial charge in [-0.05, 0) is 43.3 Å². The maximum atomic E-state index is 12.1. The van der Waals surface area contributed by atoms with E-state index in [1.165, 1.54) is 6.92 Å². The van der Waals surface area contributed by atoms with E-state index in [-0.39, 0.29) is 24.4 Å². The summed E-state index contributed by atoms with van der Waals surface area (Å²) in [7, 11) is 0. The van der Waals surface area contributed by atoms with Gasteiger partial charge in [0.15, 0.2) is 6.54 Å². The van der Waals surface area contributed by atoms with Gasteiger partial charge in [0.1, 0.15) is 6.04 Å². The Balaban J connectivity index is 1.86. The van der Waals surface area contributed by atoms with Crippen molar-refractivity contribution in [3.63, 3.8) is 0 Å². The maximum Gasteiger partial charge on any atom is 0.279 e. The Morgan fingerprint density at radius 2 is 1.64 bits per heavy atom. The number of amides is 2. The number of halogens is 2. The third-order valence-corrected chi connectivity index (χ3v) is 4.16. The average molecular weight is 381 g/mol. The van der Waals surface area contributed by atoms with Crippen LogP contribution in [0.5, 0.6) is 0 Å². The minimum absolute atomic E-state index is 0.0256. The van der Waals surface area contributed by atoms with E-state index in [1.54, 1.807) is 36.4 Å². The van der Waals surface area contributed by atoms with Crippen molar-refractivity contribution in [1.29, 1.82) is 0 Å². The van der Waals surface area contributed by atoms with Gasteiger partial charge in [-0.25, -0.2) is 0 Å². The maximum absolute atomic E-state index is 12.1. The van der Waals surface area contributed by atoms with E-state index >= 15 is 0 Å². The fourth-order valence-corrected chi connectivity index (χ4v) is 2.91. The van der Waals surface area contributed by atoms with E-state index in [4.69, 9.17) is 23.2 Å². The van der Waals surface area contributed by atoms with E-state index in [0.717, 1.165) is 5.56 Å². The fraction of sp³-hybridized carbons (Fsp3) is 0.222. The normalized spacial score (nSPS) is 11.7. The molecule has 2 amide bonds. The zero-order valence-corrected chi connectivity index (χ0v) is 15.5. The van der Waals surface area contributed by atoms with Crippen molar-refractivity contribution in [3.8, 4) is 0 Å². The second-order valence-electron chi connectivity index (χ2n) is 5.70. The van der Waals surface area contributed by atoms with Crippen LogP contribution in [-0.2, 0) is 9.59 Å². The zero-order valence-electron chi connectivity index (χ0n) is 14.0. The van der Waals surface area contributed by atoms with Gasteiger partial charge >= 0.3 is 0 Å². The molecule has 0 saturated heterocycles. The summed E-state index contributed by atoms with van der Waals surface area (Å²) in [5, 5.41) is 8.56. The van der Waals surface area contributed by atoms with E-state index in [1.807, 2.05) is 18.3 Å². The summed E-state index contributed by atoms with van der Waals surface area (Å²) < 4.78 is 0. The quantitative estimate of drug-likeness (QED) is 0.719. The lowest BCUT2D eigenvalue weighted by molar-refractivity contribution is -0.682. The Hall–Kier alpha value is -2.08. The lowest BCUT2D eigenvalue weighted by atomic mass is 10.1. The zero-order chi connectivity index (χ0) is 18.4. The van der Waals surface area contributed by atoms with Crippen molar-refractivity contribution in [1.82, 2.24) is 0 Å². The summed E-state index contributed by atoms with van der Waals surface area (Å²) in [5.41, 5.74) is 2.28. The molecular weight excluding hydrogens is 361 g/mol. The Kier molecular flexibility index (Phi) is 6.82. The van der Waals surface area contributed by atoms with E-state index in [0.29, 0.717) is 21.4 Å². The standard InChI is InChI=1S/C18H19Cl2N3O2/c1-11(16-8-3-13(19)9-17(16)20)21-10-18(25)23-15-6-4-14(5-7-15)22-12(2)24/h3-9,11,21H,10H2,1-2H3,(H,22,24)(H,23,25)/p+1/t11-/m0/s1. The molecule has 2 rings (SSSR count). The molecule has 0 aliphatic carbocycles. The smallest absolute Gasteiger partial charge is 0.279 e. The number of carbonyl (C=O) groups excluding carboxylic acids is 2. The first-order valence-electron chi connectivity index (χ1n) is 7.81. The Morgan fingerprint density at radius 3 is 2.20 bits per heavy atom. The van der Waals surface area contributed by atoms with Crippen LogP contribution in [0.1, 0.15) is 25.5 Å². The van der Waals surface area contributed by atoms with Crippen LogP contribution in [0.3, 0.4) is 0 Å². The van der Waals surface area contributed by atoms with E-state index in [9.17, 15) is 9.59 Å². The van der Waals surface area contributed by atoms with Crippen molar-refractivity contribution >= 4 is 46.4 Å². The first kappa shape index (κ1) is 19.2. The molecule has 0 bridgehead atoms. The van der Waals surface area contributed by atoms with Gasteiger partial charge in [-0.15, -0.1) is 0 Å². The summed E-state index contributed by atoms with van der Waals surface area (Å²) >= 11 is 12.1. The third-order valence-electron chi connectivity index (χ3n) is 3.60. The van der Waals surface area contributed by atoms with E-state index in [2.05, 4.69) is 10.6 Å². The van der Waals surface area contributed by atoms with Gasteiger partial charge in [-0.1, -0.05) is 29.3 Å². The number of hydrogen-bond donors (Lipinski definition) is 3. The van der Waals surface area contributed by atoms with Crippen molar-refractivity contribution < 1.29 is 14.9 Å². The van der Waals surface area contributed by atoms with Crippen molar-refractivity contribution in [2.75, 3.05) is 17.2 Å². The number of carbonyl (C=O) groups is 2. The van der Waals surface area contributed by atoms with Crippen LogP contribution in [0.2, 0.25) is 10.0 Å². The average Bonchev–Trinajstić information content (AvgIpc) is 2.54. The summed E-state index contributed by atoms with van der Waals surface area (Å²) in [6.45, 7) is 3.68. The number of nitrogens with two attached hydrogens (primary N) is 1. The Morgan fingerprint density at radius 1 is 1.04 bits per heavy atom. The highest BCUT2D eigenvalue weighted by Gasteiger charge is 2.15. The molecule has 0 saturated carbocycles. The summed E-state index contributed by atoms with van der Waals surface area (Å²) in [6.07, 6.45) is 0. The summed E-state index contributed by atoms with van der Waals surface area (Å²) in [6, 6.07) is 12.3. The van der Waals surface area contributed by atoms with Crippen LogP contribution in [-0.4, -0.2) is 18.4 Å². The predicted molar refractivity (Wildman–Crippen MR) is 101 cm³/mol. The molecule has 5 nitrogen and oxygen atoms in total. The molecule has 2 aromatic rings. The molecule has 2 aromatic carbocycles. The molecule has 0 aromatic heterocycles. The highest BCUT2D eigenvalue weighted by atomic mass is 35.5. The number of hydrogen-bond acceptors (Lipinski definition) is 2. The summed E-state index contributed by atoms with van der Waals surface area (Å²) in [5.74, 6) is -0.259. The first-order valence-corrected chi connectivity index (χ1v) is 8.56. The second kappa shape index (κ2) is 8.85. The van der Waals surface area contributed by atoms with Gasteiger partial charge in [-0.2, -0.15) is 0 Å². The molecular formula is C18H20Cl2N3O2+. The molecule has 0 fully saturated rings. The van der Waals surface area contributed by atoms with Crippen LogP contribution in [0.25, 0.3) is 0 Å². The van der Waals surface area contributed by atoms with Crippen LogP contribution < -0.4 is 16.0 Å². The highest BCUT2D eigenvalue weighted by Crippen LogP contribution is 2.24. The van der Waals surface area contributed by atoms with Crippen LogP contribution >= 0.6 is 23.2 Å². The van der Waals surface area contributed by atoms with Crippen molar-refractivity contribution in [3.05, 3.63) is 58.1 Å². The number of anilines is 2. The Bertz CT molecular complexity index is 763. The molecule has 0 radical (unpaired) electrons. The first-order chi connectivity index (χ1) is 11.8. The van der Waals surface area contributed by atoms with Crippen molar-refractivity contribution in [2.45, 2.75) is 19.9 Å². The number of nitrogens with one attached hydrogen (secondary N) is 2. The lowest BCUT2D eigenvalue weighted by Gasteiger charge is -2.13. The Labute approximate surface area is 156 Å². The molecule has 4 N–H and O–H groups in total. The molecule has 1 atom stereocenters. The minimum atomic E-state index is -0.138. The minimum Gasteiger partial charge on any atom is -0.332 e. The van der Waals surface area contributed by atoms with Gasteiger partial charge in [0.25, 0.3) is 5.91 Å². The van der Waals surface area contributed by atoms with Gasteiger partial charge in [0, 0.05) is 28.9 Å². The van der Waals surface area contributed by atoms with Crippen LogP contribution in [0.4, 0.5) is 11.4 Å². The topological polar surface area (TPSA) is 74.8 Å². The summed E-state index contributed by atoms with van der Waals surface area (Å²) in [4.78, 5) is 23.1. The van der Waals surface area contributed by atoms with Gasteiger partial charge < -0.3 is 16.0 Å². The molecule has 0 aliphatic rings. The number of rotatable bonds is 6. The number of benzene rings is 2. The highest BCUT2D eigenvalue weighted by molar-refractivity contribution is 6.35. The fourth-order valence-electron chi connectivity index (χ4n) is 2.33. The third kappa shape index (κ3) is 6.05. The molecule has 0 spiro atoms. The molecule has 25 heavy (non-hydrogen) atoms. The number of quaternary nitrogens is 1. The van der Waals surface area contributed by atoms with E-state index < -0.39 is 0 Å². The van der Waals surface area contributed by atoms with Gasteiger partial charge in [0.05, 0.1) is 5.02 Å². The van der Waals surface area contributed by atoms with Gasteiger partial charge in [-0.3, -0.25) is 9.59 Å². The lowest BCUT2D eigenvalue weighted by Crippen LogP contribution is -2.86. The molecule has 0 unspecified atom stereocenters. The molecule has 0 aliphatic heterocycles. The SMILES string of the molecule is CC(=O)Nc1ccc(NC(=O)C[NH2+][C@@H](C)c2ccc(Cl)cc2Cl)cc1. The largest absolute Gasteiger partial charge is 0.332 e. The van der Waals surface area contributed by atoms with Crippen LogP contribution in [0, 0.1) is 0 Å². The second-order valence-corrected chi connectivity index (χ2v) is 6.54. The predicted octanol–water partition coefficient (Wildman–Crippen LogP) is 3.21. The monoisotopic (exact) mass is 380 g/mol. The molecule has 132 valence electrons. The van der Waals surface area contributed by atoms with Crippen LogP contribution in [0.15, 0.2) is 42.5 Å². The molecule has 7 heteroatoms. The van der Waals surface area contributed by atoms with Crippen molar-refractivity contribution in [2.24, 2.45) is 0 Å².